The highest BCUT2D eigenvalue weighted by Crippen LogP contribution is 2.29. The summed E-state index contributed by atoms with van der Waals surface area (Å²) in [5, 5.41) is 0. The normalized spacial score (nSPS) is 29.0. The van der Waals surface area contributed by atoms with E-state index >= 15 is 0 Å². The monoisotopic (exact) mass is 208 g/mol. The van der Waals surface area contributed by atoms with Gasteiger partial charge in [-0.3, -0.25) is 0 Å². The number of hydrogen-bond acceptors (Lipinski definition) is 4. The number of nitrogens with zero attached hydrogens (tertiary/aromatic N) is 1. The van der Waals surface area contributed by atoms with Crippen LogP contribution in [0, 0.1) is 0 Å². The van der Waals surface area contributed by atoms with Gasteiger partial charge in [0.1, 0.15) is 0 Å². The Morgan fingerprint density at radius 3 is 2.25 bits per heavy atom. The summed E-state index contributed by atoms with van der Waals surface area (Å²) in [6.45, 7) is 5.92. The van der Waals surface area contributed by atoms with Gasteiger partial charge in [0.2, 0.25) is 0 Å². The van der Waals surface area contributed by atoms with Gasteiger partial charge in [0.15, 0.2) is 0 Å². The summed E-state index contributed by atoms with van der Waals surface area (Å²) in [5.74, 6) is 0. The lowest BCUT2D eigenvalue weighted by atomic mass is 10.1. The fourth-order valence-corrected chi connectivity index (χ4v) is 1.93. The number of nitrogens with two attached hydrogens (primary N) is 1. The van der Waals surface area contributed by atoms with Crippen LogP contribution < -0.4 is 5.73 Å². The van der Waals surface area contributed by atoms with Gasteiger partial charge in [0.05, 0.1) is 4.08 Å². The molecule has 1 rings (SSSR count). The van der Waals surface area contributed by atoms with E-state index < -0.39 is 0 Å². The van der Waals surface area contributed by atoms with E-state index in [0.29, 0.717) is 0 Å². The lowest BCUT2D eigenvalue weighted by Gasteiger charge is -2.39. The molecule has 0 aromatic heterocycles. The Morgan fingerprint density at radius 2 is 1.92 bits per heavy atom. The molecule has 74 valence electrons. The zero-order valence-electron chi connectivity index (χ0n) is 8.12. The quantitative estimate of drug-likeness (QED) is 0.413. The van der Waals surface area contributed by atoms with E-state index in [4.69, 9.17) is 5.73 Å². The molecule has 1 heterocycles. The molecule has 1 aliphatic heterocycles. The van der Waals surface area contributed by atoms with Crippen molar-refractivity contribution in [2.45, 2.75) is 30.4 Å². The van der Waals surface area contributed by atoms with Gasteiger partial charge >= 0.3 is 0 Å². The lowest BCUT2D eigenvalue weighted by molar-refractivity contribution is 0.252. The van der Waals surface area contributed by atoms with Gasteiger partial charge < -0.3 is 10.6 Å². The van der Waals surface area contributed by atoms with Gasteiger partial charge in [-0.15, -0.1) is 0 Å². The van der Waals surface area contributed by atoms with Crippen molar-refractivity contribution >= 4 is 25.3 Å². The van der Waals surface area contributed by atoms with E-state index in [9.17, 15) is 0 Å². The Balaban J connectivity index is 0.000000561. The SMILES string of the molecule is CC.CN1CCC(N)C(S)(S)C1. The molecule has 4 heteroatoms. The third-order valence-electron chi connectivity index (χ3n) is 1.92. The van der Waals surface area contributed by atoms with Crippen molar-refractivity contribution in [1.82, 2.24) is 4.90 Å². The van der Waals surface area contributed by atoms with Crippen LogP contribution in [0.3, 0.4) is 0 Å². The molecule has 1 atom stereocenters. The number of piperidine rings is 1. The smallest absolute Gasteiger partial charge is 0.0829 e. The fourth-order valence-electron chi connectivity index (χ4n) is 1.18. The summed E-state index contributed by atoms with van der Waals surface area (Å²) in [5.41, 5.74) is 5.80. The maximum absolute atomic E-state index is 5.80. The van der Waals surface area contributed by atoms with Gasteiger partial charge in [-0.25, -0.2) is 0 Å². The first-order valence-electron chi connectivity index (χ1n) is 4.41. The molecule has 0 aromatic rings. The molecule has 0 amide bonds. The first-order valence-corrected chi connectivity index (χ1v) is 5.31. The second-order valence-corrected chi connectivity index (χ2v) is 4.96. The summed E-state index contributed by atoms with van der Waals surface area (Å²) in [7, 11) is 2.06. The van der Waals surface area contributed by atoms with Gasteiger partial charge in [-0.05, 0) is 20.0 Å². The van der Waals surface area contributed by atoms with E-state index in [1.807, 2.05) is 13.8 Å². The molecule has 0 aromatic carbocycles. The van der Waals surface area contributed by atoms with Crippen molar-refractivity contribution in [1.29, 1.82) is 0 Å². The van der Waals surface area contributed by atoms with Crippen LogP contribution in [0.2, 0.25) is 0 Å². The standard InChI is InChI=1S/C6H14N2S2.C2H6/c1-8-3-2-5(7)6(9,10)4-8;1-2/h5,9-10H,2-4,7H2,1H3;1-2H3. The molecule has 0 spiro atoms. The van der Waals surface area contributed by atoms with Crippen LogP contribution in [0.1, 0.15) is 20.3 Å². The molecular weight excluding hydrogens is 188 g/mol. The van der Waals surface area contributed by atoms with E-state index in [1.165, 1.54) is 0 Å². The average molecular weight is 208 g/mol. The summed E-state index contributed by atoms with van der Waals surface area (Å²) in [6, 6.07) is 0.121. The molecule has 1 fully saturated rings. The van der Waals surface area contributed by atoms with E-state index in [1.54, 1.807) is 0 Å². The molecule has 12 heavy (non-hydrogen) atoms. The van der Waals surface area contributed by atoms with Crippen molar-refractivity contribution in [2.24, 2.45) is 5.73 Å². The van der Waals surface area contributed by atoms with Crippen molar-refractivity contribution < 1.29 is 0 Å². The van der Waals surface area contributed by atoms with Crippen LogP contribution in [-0.4, -0.2) is 35.2 Å². The minimum atomic E-state index is -0.299. The Labute approximate surface area is 86.7 Å². The number of likely N-dealkylation sites (tertiary alicyclic amines) is 1. The molecule has 2 nitrogen and oxygen atoms in total. The highest BCUT2D eigenvalue weighted by Gasteiger charge is 2.33. The summed E-state index contributed by atoms with van der Waals surface area (Å²) in [6.07, 6.45) is 0.990. The van der Waals surface area contributed by atoms with Gasteiger partial charge in [-0.2, -0.15) is 25.3 Å². The Hall–Kier alpha value is 0.620. The van der Waals surface area contributed by atoms with Crippen molar-refractivity contribution in [3.63, 3.8) is 0 Å². The second-order valence-electron chi connectivity index (χ2n) is 3.01. The highest BCUT2D eigenvalue weighted by molar-refractivity contribution is 8.00. The summed E-state index contributed by atoms with van der Waals surface area (Å²) < 4.78 is -0.299. The first-order chi connectivity index (χ1) is 5.52. The summed E-state index contributed by atoms with van der Waals surface area (Å²) >= 11 is 8.74. The topological polar surface area (TPSA) is 29.3 Å². The molecule has 1 aliphatic rings. The average Bonchev–Trinajstić information content (AvgIpc) is 2.01. The highest BCUT2D eigenvalue weighted by atomic mass is 32.2. The molecule has 0 radical (unpaired) electrons. The predicted octanol–water partition coefficient (Wildman–Crippen LogP) is 1.23. The molecule has 1 saturated heterocycles. The maximum Gasteiger partial charge on any atom is 0.0829 e. The van der Waals surface area contributed by atoms with Crippen LogP contribution in [0.4, 0.5) is 0 Å². The zero-order chi connectivity index (χ0) is 9.78. The minimum Gasteiger partial charge on any atom is -0.326 e. The Bertz CT molecular complexity index is 128. The second kappa shape index (κ2) is 5.37. The first kappa shape index (κ1) is 12.6. The maximum atomic E-state index is 5.80. The molecular formula is C8H20N2S2. The molecule has 2 N–H and O–H groups in total. The van der Waals surface area contributed by atoms with Gasteiger partial charge in [0, 0.05) is 12.6 Å². The molecule has 1 unspecified atom stereocenters. The molecule has 0 saturated carbocycles. The molecule has 0 bridgehead atoms. The third kappa shape index (κ3) is 3.56. The van der Waals surface area contributed by atoms with Crippen LogP contribution in [-0.2, 0) is 0 Å². The van der Waals surface area contributed by atoms with Gasteiger partial charge in [-0.1, -0.05) is 13.8 Å². The predicted molar refractivity (Wildman–Crippen MR) is 62.1 cm³/mol. The van der Waals surface area contributed by atoms with E-state index in [2.05, 4.69) is 37.2 Å². The fraction of sp³-hybridized carbons (Fsp3) is 1.00. The Kier molecular flexibility index (Phi) is 5.65. The molecule has 0 aliphatic carbocycles. The zero-order valence-corrected chi connectivity index (χ0v) is 9.91. The summed E-state index contributed by atoms with van der Waals surface area (Å²) in [4.78, 5) is 2.20. The lowest BCUT2D eigenvalue weighted by Crippen LogP contribution is -2.52. The van der Waals surface area contributed by atoms with Crippen molar-refractivity contribution in [2.75, 3.05) is 20.1 Å². The Morgan fingerprint density at radius 1 is 1.42 bits per heavy atom. The van der Waals surface area contributed by atoms with Crippen molar-refractivity contribution in [3.05, 3.63) is 0 Å². The van der Waals surface area contributed by atoms with E-state index in [0.717, 1.165) is 19.5 Å². The van der Waals surface area contributed by atoms with Crippen molar-refractivity contribution in [3.8, 4) is 0 Å². The van der Waals surface area contributed by atoms with E-state index in [-0.39, 0.29) is 10.1 Å². The van der Waals surface area contributed by atoms with Crippen LogP contribution in [0.25, 0.3) is 0 Å². The number of rotatable bonds is 0. The third-order valence-corrected chi connectivity index (χ3v) is 2.86. The van der Waals surface area contributed by atoms with Crippen LogP contribution in [0.15, 0.2) is 0 Å². The van der Waals surface area contributed by atoms with Gasteiger partial charge in [0.25, 0.3) is 0 Å². The number of thiol groups is 2. The number of hydrogen-bond donors (Lipinski definition) is 3. The largest absolute Gasteiger partial charge is 0.326 e. The minimum absolute atomic E-state index is 0.121. The van der Waals surface area contributed by atoms with Crippen LogP contribution in [0.5, 0.6) is 0 Å². The van der Waals surface area contributed by atoms with Crippen LogP contribution >= 0.6 is 25.3 Å².